The summed E-state index contributed by atoms with van der Waals surface area (Å²) in [6.07, 6.45) is 1.37. The minimum Gasteiger partial charge on any atom is -0.385 e. The Bertz CT molecular complexity index is 504. The average molecular weight is 240 g/mol. The van der Waals surface area contributed by atoms with Crippen molar-refractivity contribution in [1.82, 2.24) is 0 Å². The number of hydrogen-bond donors (Lipinski definition) is 1. The fraction of sp³-hybridized carbons (Fsp3) is 0.294. The Balaban J connectivity index is 2.31. The molecule has 2 rings (SSSR count). The van der Waals surface area contributed by atoms with E-state index in [9.17, 15) is 5.11 Å². The fourth-order valence-corrected chi connectivity index (χ4v) is 2.30. The predicted molar refractivity (Wildman–Crippen MR) is 75.5 cm³/mol. The second kappa shape index (κ2) is 5.36. The highest BCUT2D eigenvalue weighted by molar-refractivity contribution is 5.30. The van der Waals surface area contributed by atoms with Gasteiger partial charge in [-0.25, -0.2) is 0 Å². The molecule has 0 amide bonds. The summed E-state index contributed by atoms with van der Waals surface area (Å²) in [5.74, 6) is 0. The van der Waals surface area contributed by atoms with Gasteiger partial charge in [0.15, 0.2) is 0 Å². The van der Waals surface area contributed by atoms with Gasteiger partial charge in [0, 0.05) is 6.42 Å². The molecule has 1 unspecified atom stereocenters. The first-order chi connectivity index (χ1) is 8.64. The summed E-state index contributed by atoms with van der Waals surface area (Å²) in [4.78, 5) is 0. The van der Waals surface area contributed by atoms with Crippen LogP contribution in [0.15, 0.2) is 54.6 Å². The van der Waals surface area contributed by atoms with E-state index in [4.69, 9.17) is 0 Å². The second-order valence-electron chi connectivity index (χ2n) is 4.92. The molecule has 1 N–H and O–H groups in total. The van der Waals surface area contributed by atoms with Crippen molar-refractivity contribution in [1.29, 1.82) is 0 Å². The molecule has 0 aliphatic heterocycles. The lowest BCUT2D eigenvalue weighted by Gasteiger charge is -2.28. The fourth-order valence-electron chi connectivity index (χ4n) is 2.30. The molecule has 2 aromatic carbocycles. The molecule has 0 radical (unpaired) electrons. The first-order valence-electron chi connectivity index (χ1n) is 6.47. The van der Waals surface area contributed by atoms with Crippen molar-refractivity contribution in [2.75, 3.05) is 0 Å². The second-order valence-corrected chi connectivity index (χ2v) is 4.92. The Morgan fingerprint density at radius 1 is 1.00 bits per heavy atom. The molecule has 1 atom stereocenters. The van der Waals surface area contributed by atoms with Crippen LogP contribution in [0.3, 0.4) is 0 Å². The van der Waals surface area contributed by atoms with Crippen molar-refractivity contribution in [3.63, 3.8) is 0 Å². The molecule has 2 aromatic rings. The van der Waals surface area contributed by atoms with Gasteiger partial charge in [-0.1, -0.05) is 67.1 Å². The van der Waals surface area contributed by atoms with E-state index in [2.05, 4.69) is 31.2 Å². The van der Waals surface area contributed by atoms with Crippen LogP contribution in [-0.2, 0) is 12.0 Å². The minimum atomic E-state index is -0.770. The Hall–Kier alpha value is -1.60. The van der Waals surface area contributed by atoms with Crippen LogP contribution in [0.1, 0.15) is 30.0 Å². The van der Waals surface area contributed by atoms with Crippen LogP contribution < -0.4 is 0 Å². The molecular formula is C17H20O. The predicted octanol–water partition coefficient (Wildman–Crippen LogP) is 3.84. The van der Waals surface area contributed by atoms with Gasteiger partial charge in [0.2, 0.25) is 0 Å². The van der Waals surface area contributed by atoms with Gasteiger partial charge in [0.1, 0.15) is 0 Å². The van der Waals surface area contributed by atoms with E-state index in [1.165, 1.54) is 11.1 Å². The van der Waals surface area contributed by atoms with Gasteiger partial charge in [0.05, 0.1) is 5.60 Å². The number of aryl methyl sites for hydroxylation is 1. The summed E-state index contributed by atoms with van der Waals surface area (Å²) >= 11 is 0. The average Bonchev–Trinajstić information content (AvgIpc) is 2.40. The lowest BCUT2D eigenvalue weighted by atomic mass is 9.84. The molecule has 0 bridgehead atoms. The molecule has 94 valence electrons. The van der Waals surface area contributed by atoms with Crippen molar-refractivity contribution in [2.24, 2.45) is 0 Å². The zero-order chi connectivity index (χ0) is 13.0. The molecule has 0 aromatic heterocycles. The van der Waals surface area contributed by atoms with Gasteiger partial charge >= 0.3 is 0 Å². The Kier molecular flexibility index (Phi) is 3.83. The SMILES string of the molecule is CCC(O)(Cc1ccccc1)c1cccc(C)c1. The normalized spacial score (nSPS) is 14.2. The van der Waals surface area contributed by atoms with Crippen LogP contribution in [0.25, 0.3) is 0 Å². The molecule has 0 aliphatic carbocycles. The van der Waals surface area contributed by atoms with E-state index < -0.39 is 5.60 Å². The van der Waals surface area contributed by atoms with Gasteiger partial charge in [-0.15, -0.1) is 0 Å². The smallest absolute Gasteiger partial charge is 0.0934 e. The summed E-state index contributed by atoms with van der Waals surface area (Å²) in [6.45, 7) is 4.09. The zero-order valence-electron chi connectivity index (χ0n) is 11.1. The van der Waals surface area contributed by atoms with E-state index in [1.54, 1.807) is 0 Å². The molecule has 0 fully saturated rings. The Morgan fingerprint density at radius 3 is 2.33 bits per heavy atom. The van der Waals surface area contributed by atoms with Crippen LogP contribution in [0, 0.1) is 6.92 Å². The monoisotopic (exact) mass is 240 g/mol. The summed E-state index contributed by atoms with van der Waals surface area (Å²) in [6, 6.07) is 18.3. The minimum absolute atomic E-state index is 0.661. The molecule has 1 heteroatoms. The summed E-state index contributed by atoms with van der Waals surface area (Å²) in [7, 11) is 0. The third-order valence-electron chi connectivity index (χ3n) is 3.48. The van der Waals surface area contributed by atoms with Gasteiger partial charge in [-0.2, -0.15) is 0 Å². The lowest BCUT2D eigenvalue weighted by Crippen LogP contribution is -2.27. The topological polar surface area (TPSA) is 20.2 Å². The van der Waals surface area contributed by atoms with E-state index in [1.807, 2.05) is 37.3 Å². The van der Waals surface area contributed by atoms with Gasteiger partial charge < -0.3 is 5.11 Å². The molecule has 0 aliphatic rings. The molecule has 0 spiro atoms. The van der Waals surface area contributed by atoms with Crippen molar-refractivity contribution in [2.45, 2.75) is 32.3 Å². The maximum atomic E-state index is 10.9. The van der Waals surface area contributed by atoms with Crippen molar-refractivity contribution >= 4 is 0 Å². The standard InChI is InChI=1S/C17H20O/c1-3-17(18,13-15-9-5-4-6-10-15)16-11-7-8-14(2)12-16/h4-12,18H,3,13H2,1-2H3. The Morgan fingerprint density at radius 2 is 1.72 bits per heavy atom. The maximum Gasteiger partial charge on any atom is 0.0934 e. The molecule has 0 saturated carbocycles. The quantitative estimate of drug-likeness (QED) is 0.861. The van der Waals surface area contributed by atoms with Crippen molar-refractivity contribution in [3.8, 4) is 0 Å². The summed E-state index contributed by atoms with van der Waals surface area (Å²) in [5, 5.41) is 10.9. The number of hydrogen-bond acceptors (Lipinski definition) is 1. The van der Waals surface area contributed by atoms with Crippen LogP contribution in [0.2, 0.25) is 0 Å². The van der Waals surface area contributed by atoms with Crippen molar-refractivity contribution in [3.05, 3.63) is 71.3 Å². The van der Waals surface area contributed by atoms with Crippen LogP contribution in [-0.4, -0.2) is 5.11 Å². The highest BCUT2D eigenvalue weighted by Crippen LogP contribution is 2.29. The van der Waals surface area contributed by atoms with Gasteiger partial charge in [0.25, 0.3) is 0 Å². The van der Waals surface area contributed by atoms with Crippen LogP contribution in [0.4, 0.5) is 0 Å². The van der Waals surface area contributed by atoms with E-state index in [0.29, 0.717) is 12.8 Å². The molecule has 0 heterocycles. The summed E-state index contributed by atoms with van der Waals surface area (Å²) < 4.78 is 0. The molecule has 0 saturated heterocycles. The van der Waals surface area contributed by atoms with Gasteiger partial charge in [-0.05, 0) is 24.5 Å². The number of rotatable bonds is 4. The highest BCUT2D eigenvalue weighted by Gasteiger charge is 2.27. The third-order valence-corrected chi connectivity index (χ3v) is 3.48. The number of benzene rings is 2. The molecule has 1 nitrogen and oxygen atoms in total. The van der Waals surface area contributed by atoms with Crippen LogP contribution in [0.5, 0.6) is 0 Å². The van der Waals surface area contributed by atoms with E-state index in [0.717, 1.165) is 5.56 Å². The van der Waals surface area contributed by atoms with E-state index >= 15 is 0 Å². The highest BCUT2D eigenvalue weighted by atomic mass is 16.3. The molecule has 18 heavy (non-hydrogen) atoms. The van der Waals surface area contributed by atoms with E-state index in [-0.39, 0.29) is 0 Å². The zero-order valence-corrected chi connectivity index (χ0v) is 11.1. The Labute approximate surface area is 109 Å². The van der Waals surface area contributed by atoms with Gasteiger partial charge in [-0.3, -0.25) is 0 Å². The largest absolute Gasteiger partial charge is 0.385 e. The summed E-state index contributed by atoms with van der Waals surface area (Å²) in [5.41, 5.74) is 2.59. The lowest BCUT2D eigenvalue weighted by molar-refractivity contribution is 0.0327. The van der Waals surface area contributed by atoms with Crippen LogP contribution >= 0.6 is 0 Å². The molecular weight excluding hydrogens is 220 g/mol. The van der Waals surface area contributed by atoms with Crippen molar-refractivity contribution < 1.29 is 5.11 Å². The third kappa shape index (κ3) is 2.80. The first kappa shape index (κ1) is 12.8. The first-order valence-corrected chi connectivity index (χ1v) is 6.47. The number of aliphatic hydroxyl groups is 1. The maximum absolute atomic E-state index is 10.9.